The van der Waals surface area contributed by atoms with Gasteiger partial charge in [0.25, 0.3) is 0 Å². The van der Waals surface area contributed by atoms with Gasteiger partial charge >= 0.3 is 0 Å². The SMILES string of the molecule is COc1ccc2c(c1)cc(CON)n2C(C)C. The minimum Gasteiger partial charge on any atom is -0.497 e. The summed E-state index contributed by atoms with van der Waals surface area (Å²) in [6.07, 6.45) is 0. The minimum atomic E-state index is 0.367. The van der Waals surface area contributed by atoms with Crippen molar-refractivity contribution in [1.29, 1.82) is 0 Å². The van der Waals surface area contributed by atoms with Gasteiger partial charge in [-0.3, -0.25) is 4.84 Å². The second-order valence-electron chi connectivity index (χ2n) is 4.34. The summed E-state index contributed by atoms with van der Waals surface area (Å²) < 4.78 is 7.45. The molecule has 0 unspecified atom stereocenters. The summed E-state index contributed by atoms with van der Waals surface area (Å²) in [4.78, 5) is 4.75. The van der Waals surface area contributed by atoms with Gasteiger partial charge in [-0.2, -0.15) is 0 Å². The van der Waals surface area contributed by atoms with Crippen LogP contribution in [-0.4, -0.2) is 11.7 Å². The van der Waals surface area contributed by atoms with E-state index >= 15 is 0 Å². The largest absolute Gasteiger partial charge is 0.497 e. The highest BCUT2D eigenvalue weighted by Gasteiger charge is 2.11. The van der Waals surface area contributed by atoms with Crippen molar-refractivity contribution in [3.8, 4) is 5.75 Å². The molecule has 4 nitrogen and oxygen atoms in total. The predicted molar refractivity (Wildman–Crippen MR) is 67.9 cm³/mol. The van der Waals surface area contributed by atoms with Crippen molar-refractivity contribution in [2.75, 3.05) is 7.11 Å². The van der Waals surface area contributed by atoms with Gasteiger partial charge in [-0.05, 0) is 38.1 Å². The van der Waals surface area contributed by atoms with Gasteiger partial charge in [-0.25, -0.2) is 5.90 Å². The lowest BCUT2D eigenvalue weighted by Gasteiger charge is -2.14. The summed E-state index contributed by atoms with van der Waals surface area (Å²) in [5, 5.41) is 1.14. The van der Waals surface area contributed by atoms with Crippen LogP contribution in [0.2, 0.25) is 0 Å². The zero-order valence-corrected chi connectivity index (χ0v) is 10.4. The molecule has 92 valence electrons. The molecule has 2 N–H and O–H groups in total. The average molecular weight is 234 g/mol. The highest BCUT2D eigenvalue weighted by Crippen LogP contribution is 2.27. The summed E-state index contributed by atoms with van der Waals surface area (Å²) >= 11 is 0. The number of nitrogens with zero attached hydrogens (tertiary/aromatic N) is 1. The highest BCUT2D eigenvalue weighted by atomic mass is 16.6. The molecule has 0 atom stereocenters. The number of ether oxygens (including phenoxy) is 1. The van der Waals surface area contributed by atoms with Crippen LogP contribution in [0.5, 0.6) is 5.75 Å². The van der Waals surface area contributed by atoms with Crippen molar-refractivity contribution in [2.45, 2.75) is 26.5 Å². The Morgan fingerprint density at radius 3 is 2.65 bits per heavy atom. The maximum atomic E-state index is 5.23. The van der Waals surface area contributed by atoms with E-state index in [1.165, 1.54) is 5.52 Å². The summed E-state index contributed by atoms with van der Waals surface area (Å²) in [6.45, 7) is 4.70. The Bertz CT molecular complexity index is 517. The van der Waals surface area contributed by atoms with Gasteiger partial charge in [0, 0.05) is 22.6 Å². The molecule has 1 heterocycles. The molecule has 2 rings (SSSR count). The van der Waals surface area contributed by atoms with Crippen molar-refractivity contribution < 1.29 is 9.57 Å². The second-order valence-corrected chi connectivity index (χ2v) is 4.34. The van der Waals surface area contributed by atoms with Crippen molar-refractivity contribution in [2.24, 2.45) is 5.90 Å². The maximum Gasteiger partial charge on any atom is 0.119 e. The number of nitrogens with two attached hydrogens (primary N) is 1. The summed E-state index contributed by atoms with van der Waals surface area (Å²) in [5.74, 6) is 6.03. The third kappa shape index (κ3) is 2.14. The molecule has 2 aromatic rings. The maximum absolute atomic E-state index is 5.23. The van der Waals surface area contributed by atoms with Gasteiger partial charge in [0.15, 0.2) is 0 Å². The number of rotatable bonds is 4. The van der Waals surface area contributed by atoms with Crippen LogP contribution in [0.25, 0.3) is 10.9 Å². The van der Waals surface area contributed by atoms with Crippen LogP contribution in [0.3, 0.4) is 0 Å². The van der Waals surface area contributed by atoms with E-state index < -0.39 is 0 Å². The van der Waals surface area contributed by atoms with Crippen LogP contribution in [0.1, 0.15) is 25.6 Å². The molecule has 0 aliphatic carbocycles. The zero-order valence-electron chi connectivity index (χ0n) is 10.4. The topological polar surface area (TPSA) is 49.4 Å². The lowest BCUT2D eigenvalue weighted by atomic mass is 10.2. The quantitative estimate of drug-likeness (QED) is 0.827. The van der Waals surface area contributed by atoms with E-state index in [4.69, 9.17) is 15.5 Å². The van der Waals surface area contributed by atoms with Gasteiger partial charge in [0.05, 0.1) is 7.11 Å². The number of methoxy groups -OCH3 is 1. The first-order valence-electron chi connectivity index (χ1n) is 5.67. The molecule has 0 radical (unpaired) electrons. The Morgan fingerprint density at radius 2 is 2.06 bits per heavy atom. The molecule has 1 aromatic carbocycles. The smallest absolute Gasteiger partial charge is 0.119 e. The first-order valence-corrected chi connectivity index (χ1v) is 5.67. The fourth-order valence-corrected chi connectivity index (χ4v) is 2.20. The molecule has 0 amide bonds. The van der Waals surface area contributed by atoms with E-state index in [9.17, 15) is 0 Å². The van der Waals surface area contributed by atoms with Gasteiger partial charge < -0.3 is 9.30 Å². The van der Waals surface area contributed by atoms with Gasteiger partial charge in [-0.15, -0.1) is 0 Å². The summed E-state index contributed by atoms with van der Waals surface area (Å²) in [6, 6.07) is 8.51. The fourth-order valence-electron chi connectivity index (χ4n) is 2.20. The first-order chi connectivity index (χ1) is 8.17. The van der Waals surface area contributed by atoms with Crippen molar-refractivity contribution in [1.82, 2.24) is 4.57 Å². The summed E-state index contributed by atoms with van der Waals surface area (Å²) in [5.41, 5.74) is 2.25. The molecule has 0 aliphatic heterocycles. The summed E-state index contributed by atoms with van der Waals surface area (Å²) in [7, 11) is 1.67. The molecule has 0 bridgehead atoms. The molecule has 4 heteroatoms. The lowest BCUT2D eigenvalue weighted by Crippen LogP contribution is -2.08. The Morgan fingerprint density at radius 1 is 1.29 bits per heavy atom. The Balaban J connectivity index is 2.61. The number of hydrogen-bond donors (Lipinski definition) is 1. The zero-order chi connectivity index (χ0) is 12.4. The van der Waals surface area contributed by atoms with E-state index in [-0.39, 0.29) is 0 Å². The molecular weight excluding hydrogens is 216 g/mol. The molecule has 0 spiro atoms. The second kappa shape index (κ2) is 4.77. The van der Waals surface area contributed by atoms with E-state index in [1.807, 2.05) is 12.1 Å². The number of fused-ring (bicyclic) bond motifs is 1. The number of aromatic nitrogens is 1. The van der Waals surface area contributed by atoms with Crippen molar-refractivity contribution >= 4 is 10.9 Å². The van der Waals surface area contributed by atoms with Crippen LogP contribution in [0.4, 0.5) is 0 Å². The van der Waals surface area contributed by atoms with Gasteiger partial charge in [0.2, 0.25) is 0 Å². The normalized spacial score (nSPS) is 11.4. The fraction of sp³-hybridized carbons (Fsp3) is 0.385. The van der Waals surface area contributed by atoms with Crippen molar-refractivity contribution in [3.63, 3.8) is 0 Å². The Kier molecular flexibility index (Phi) is 3.36. The monoisotopic (exact) mass is 234 g/mol. The third-order valence-electron chi connectivity index (χ3n) is 2.87. The number of benzene rings is 1. The molecule has 0 fully saturated rings. The molecular formula is C13H18N2O2. The van der Waals surface area contributed by atoms with Gasteiger partial charge in [-0.1, -0.05) is 0 Å². The molecule has 1 aromatic heterocycles. The minimum absolute atomic E-state index is 0.367. The van der Waals surface area contributed by atoms with E-state index in [0.29, 0.717) is 12.6 Å². The van der Waals surface area contributed by atoms with Crippen LogP contribution in [0, 0.1) is 0 Å². The molecule has 0 aliphatic rings. The number of hydrogen-bond acceptors (Lipinski definition) is 3. The molecule has 17 heavy (non-hydrogen) atoms. The standard InChI is InChI=1S/C13H18N2O2/c1-9(2)15-11(8-17-14)6-10-7-12(16-3)4-5-13(10)15/h4-7,9H,8,14H2,1-3H3. The molecule has 0 saturated heterocycles. The van der Waals surface area contributed by atoms with Crippen LogP contribution in [0.15, 0.2) is 24.3 Å². The Hall–Kier alpha value is -1.52. The van der Waals surface area contributed by atoms with E-state index in [0.717, 1.165) is 16.8 Å². The van der Waals surface area contributed by atoms with Crippen LogP contribution >= 0.6 is 0 Å². The third-order valence-corrected chi connectivity index (χ3v) is 2.87. The van der Waals surface area contributed by atoms with E-state index in [1.54, 1.807) is 7.11 Å². The van der Waals surface area contributed by atoms with Crippen LogP contribution < -0.4 is 10.6 Å². The lowest BCUT2D eigenvalue weighted by molar-refractivity contribution is 0.118. The predicted octanol–water partition coefficient (Wildman–Crippen LogP) is 2.62. The van der Waals surface area contributed by atoms with E-state index in [2.05, 4.69) is 30.5 Å². The van der Waals surface area contributed by atoms with Crippen molar-refractivity contribution in [3.05, 3.63) is 30.0 Å². The Labute approximate surface area is 101 Å². The van der Waals surface area contributed by atoms with Gasteiger partial charge in [0.1, 0.15) is 12.4 Å². The molecule has 0 saturated carbocycles. The highest BCUT2D eigenvalue weighted by molar-refractivity contribution is 5.83. The average Bonchev–Trinajstić information content (AvgIpc) is 2.66. The van der Waals surface area contributed by atoms with Crippen LogP contribution in [-0.2, 0) is 11.4 Å². The first kappa shape index (κ1) is 12.0.